The lowest BCUT2D eigenvalue weighted by atomic mass is 9.92. The summed E-state index contributed by atoms with van der Waals surface area (Å²) in [5.74, 6) is 7.69. The van der Waals surface area contributed by atoms with Crippen LogP contribution in [0, 0.1) is 11.8 Å². The first-order valence-corrected chi connectivity index (χ1v) is 9.32. The van der Waals surface area contributed by atoms with Crippen molar-refractivity contribution >= 4 is 17.7 Å². The van der Waals surface area contributed by atoms with E-state index >= 15 is 0 Å². The number of likely N-dealkylation sites (tertiary alicyclic amines) is 1. The molecular formula is C18H24N4OS. The Morgan fingerprint density at radius 2 is 1.92 bits per heavy atom. The van der Waals surface area contributed by atoms with Gasteiger partial charge in [0.15, 0.2) is 5.16 Å². The molecule has 0 aliphatic carbocycles. The Morgan fingerprint density at radius 3 is 2.58 bits per heavy atom. The lowest BCUT2D eigenvalue weighted by Gasteiger charge is -2.34. The van der Waals surface area contributed by atoms with Crippen molar-refractivity contribution in [1.29, 1.82) is 0 Å². The second-order valence-electron chi connectivity index (χ2n) is 6.72. The molecule has 0 spiro atoms. The summed E-state index contributed by atoms with van der Waals surface area (Å²) in [6, 6.07) is 9.91. The Hall–Kier alpha value is -1.95. The first-order chi connectivity index (χ1) is 11.5. The Kier molecular flexibility index (Phi) is 5.14. The van der Waals surface area contributed by atoms with Crippen LogP contribution in [-0.4, -0.2) is 39.3 Å². The third kappa shape index (κ3) is 3.93. The van der Waals surface area contributed by atoms with Crippen LogP contribution in [0.25, 0.3) is 11.3 Å². The molecule has 2 unspecified atom stereocenters. The van der Waals surface area contributed by atoms with Crippen molar-refractivity contribution in [1.82, 2.24) is 14.6 Å². The average molecular weight is 344 g/mol. The number of rotatable bonds is 4. The minimum absolute atomic E-state index is 0.169. The molecule has 0 bridgehead atoms. The van der Waals surface area contributed by atoms with E-state index in [2.05, 4.69) is 18.8 Å². The number of carbonyl (C=O) groups excluding carboxylic acids is 1. The van der Waals surface area contributed by atoms with Crippen molar-refractivity contribution in [2.75, 3.05) is 24.7 Å². The van der Waals surface area contributed by atoms with Gasteiger partial charge in [0.1, 0.15) is 0 Å². The van der Waals surface area contributed by atoms with Crippen LogP contribution in [0.4, 0.5) is 0 Å². The summed E-state index contributed by atoms with van der Waals surface area (Å²) >= 11 is 1.40. The molecule has 0 radical (unpaired) electrons. The number of hydrogen-bond acceptors (Lipinski definition) is 4. The first kappa shape index (κ1) is 16.9. The molecule has 24 heavy (non-hydrogen) atoms. The minimum Gasteiger partial charge on any atom is -0.341 e. The molecule has 2 N–H and O–H groups in total. The number of amides is 1. The highest BCUT2D eigenvalue weighted by molar-refractivity contribution is 7.99. The zero-order valence-corrected chi connectivity index (χ0v) is 15.0. The first-order valence-electron chi connectivity index (χ1n) is 8.33. The van der Waals surface area contributed by atoms with E-state index in [0.29, 0.717) is 22.7 Å². The molecule has 1 aliphatic rings. The molecule has 5 nitrogen and oxygen atoms in total. The second-order valence-corrected chi connectivity index (χ2v) is 7.66. The van der Waals surface area contributed by atoms with Gasteiger partial charge in [-0.05, 0) is 18.3 Å². The third-order valence-corrected chi connectivity index (χ3v) is 5.27. The summed E-state index contributed by atoms with van der Waals surface area (Å²) in [7, 11) is 0. The lowest BCUT2D eigenvalue weighted by Crippen LogP contribution is -2.43. The molecule has 2 heterocycles. The van der Waals surface area contributed by atoms with Gasteiger partial charge in [-0.3, -0.25) is 4.79 Å². The largest absolute Gasteiger partial charge is 0.341 e. The average Bonchev–Trinajstić information content (AvgIpc) is 2.93. The van der Waals surface area contributed by atoms with Crippen molar-refractivity contribution in [2.45, 2.75) is 25.4 Å². The highest BCUT2D eigenvalue weighted by Crippen LogP contribution is 2.25. The summed E-state index contributed by atoms with van der Waals surface area (Å²) in [5, 5.41) is 0.667. The Labute approximate surface area is 147 Å². The molecule has 1 aliphatic heterocycles. The van der Waals surface area contributed by atoms with E-state index in [-0.39, 0.29) is 5.91 Å². The molecule has 128 valence electrons. The van der Waals surface area contributed by atoms with E-state index in [1.165, 1.54) is 22.9 Å². The van der Waals surface area contributed by atoms with Crippen LogP contribution in [0.3, 0.4) is 0 Å². The maximum absolute atomic E-state index is 12.5. The van der Waals surface area contributed by atoms with Crippen LogP contribution in [-0.2, 0) is 4.79 Å². The number of nitrogen functional groups attached to an aromatic ring is 1. The molecule has 6 heteroatoms. The molecule has 2 aromatic rings. The number of piperidine rings is 1. The molecular weight excluding hydrogens is 320 g/mol. The highest BCUT2D eigenvalue weighted by atomic mass is 32.2. The smallest absolute Gasteiger partial charge is 0.233 e. The molecule has 1 fully saturated rings. The Balaban J connectivity index is 1.62. The Bertz CT molecular complexity index is 690. The number of aromatic nitrogens is 2. The molecule has 1 aromatic carbocycles. The topological polar surface area (TPSA) is 64.2 Å². The van der Waals surface area contributed by atoms with E-state index in [0.717, 1.165) is 24.3 Å². The fraction of sp³-hybridized carbons (Fsp3) is 0.444. The van der Waals surface area contributed by atoms with E-state index in [1.54, 1.807) is 6.20 Å². The molecule has 3 rings (SSSR count). The number of imidazole rings is 1. The van der Waals surface area contributed by atoms with Gasteiger partial charge in [0.05, 0.1) is 17.6 Å². The van der Waals surface area contributed by atoms with Crippen LogP contribution in [0.2, 0.25) is 0 Å². The second kappa shape index (κ2) is 7.30. The molecule has 1 saturated heterocycles. The summed E-state index contributed by atoms with van der Waals surface area (Å²) in [6.45, 7) is 6.13. The van der Waals surface area contributed by atoms with Crippen molar-refractivity contribution in [2.24, 2.45) is 11.8 Å². The number of benzene rings is 1. The monoisotopic (exact) mass is 344 g/mol. The third-order valence-electron chi connectivity index (χ3n) is 4.31. The van der Waals surface area contributed by atoms with Gasteiger partial charge in [0, 0.05) is 18.7 Å². The van der Waals surface area contributed by atoms with Gasteiger partial charge in [-0.25, -0.2) is 9.66 Å². The minimum atomic E-state index is 0.169. The van der Waals surface area contributed by atoms with E-state index in [9.17, 15) is 4.79 Å². The predicted octanol–water partition coefficient (Wildman–Crippen LogP) is 2.86. The quantitative estimate of drug-likeness (QED) is 0.684. The van der Waals surface area contributed by atoms with Gasteiger partial charge in [-0.1, -0.05) is 55.9 Å². The van der Waals surface area contributed by atoms with Crippen molar-refractivity contribution in [3.05, 3.63) is 36.5 Å². The Morgan fingerprint density at radius 1 is 1.25 bits per heavy atom. The number of nitrogens with zero attached hydrogens (tertiary/aromatic N) is 3. The fourth-order valence-corrected chi connectivity index (χ4v) is 4.12. The van der Waals surface area contributed by atoms with Gasteiger partial charge in [0.2, 0.25) is 5.91 Å². The SMILES string of the molecule is CC1CC(C)CN(C(=O)CSc2nc(-c3ccccc3)cn2N)C1. The maximum atomic E-state index is 12.5. The maximum Gasteiger partial charge on any atom is 0.233 e. The zero-order chi connectivity index (χ0) is 17.1. The van der Waals surface area contributed by atoms with Crippen LogP contribution < -0.4 is 5.84 Å². The van der Waals surface area contributed by atoms with Crippen molar-refractivity contribution in [3.63, 3.8) is 0 Å². The number of carbonyl (C=O) groups is 1. The van der Waals surface area contributed by atoms with Gasteiger partial charge in [-0.2, -0.15) is 0 Å². The van der Waals surface area contributed by atoms with Crippen LogP contribution >= 0.6 is 11.8 Å². The van der Waals surface area contributed by atoms with Crippen LogP contribution in [0.5, 0.6) is 0 Å². The van der Waals surface area contributed by atoms with E-state index in [4.69, 9.17) is 5.84 Å². The number of nitrogens with two attached hydrogens (primary N) is 1. The number of thioether (sulfide) groups is 1. The van der Waals surface area contributed by atoms with Crippen LogP contribution in [0.1, 0.15) is 20.3 Å². The summed E-state index contributed by atoms with van der Waals surface area (Å²) < 4.78 is 1.50. The van der Waals surface area contributed by atoms with Gasteiger partial charge < -0.3 is 10.7 Å². The van der Waals surface area contributed by atoms with E-state index in [1.807, 2.05) is 35.2 Å². The van der Waals surface area contributed by atoms with Crippen molar-refractivity contribution in [3.8, 4) is 11.3 Å². The molecule has 0 saturated carbocycles. The van der Waals surface area contributed by atoms with Crippen LogP contribution in [0.15, 0.2) is 41.7 Å². The molecule has 2 atom stereocenters. The zero-order valence-electron chi connectivity index (χ0n) is 14.2. The fourth-order valence-electron chi connectivity index (χ4n) is 3.32. The summed E-state index contributed by atoms with van der Waals surface area (Å²) in [6.07, 6.45) is 3.00. The standard InChI is InChI=1S/C18H24N4OS/c1-13-8-14(2)10-21(9-13)17(23)12-24-18-20-16(11-22(18)19)15-6-4-3-5-7-15/h3-7,11,13-14H,8-10,12,19H2,1-2H3. The van der Waals surface area contributed by atoms with Gasteiger partial charge in [0.25, 0.3) is 0 Å². The lowest BCUT2D eigenvalue weighted by molar-refractivity contribution is -0.130. The molecule has 1 amide bonds. The normalized spacial score (nSPS) is 21.0. The highest BCUT2D eigenvalue weighted by Gasteiger charge is 2.25. The van der Waals surface area contributed by atoms with Crippen molar-refractivity contribution < 1.29 is 4.79 Å². The number of hydrogen-bond donors (Lipinski definition) is 1. The molecule has 1 aromatic heterocycles. The predicted molar refractivity (Wildman–Crippen MR) is 98.1 cm³/mol. The van der Waals surface area contributed by atoms with E-state index < -0.39 is 0 Å². The summed E-state index contributed by atoms with van der Waals surface area (Å²) in [5.41, 5.74) is 1.85. The van der Waals surface area contributed by atoms with Gasteiger partial charge in [-0.15, -0.1) is 0 Å². The summed E-state index contributed by atoms with van der Waals surface area (Å²) in [4.78, 5) is 19.0. The van der Waals surface area contributed by atoms with Gasteiger partial charge >= 0.3 is 0 Å².